The Kier molecular flexibility index (Phi) is 5.72. The Bertz CT molecular complexity index is 630. The van der Waals surface area contributed by atoms with Gasteiger partial charge in [0.1, 0.15) is 17.3 Å². The normalized spacial score (nSPS) is 10.6. The van der Waals surface area contributed by atoms with Crippen LogP contribution < -0.4 is 9.47 Å². The van der Waals surface area contributed by atoms with Crippen molar-refractivity contribution in [2.75, 3.05) is 0 Å². The van der Waals surface area contributed by atoms with E-state index in [-0.39, 0.29) is 5.82 Å². The minimum absolute atomic E-state index is 0.300. The lowest BCUT2D eigenvalue weighted by molar-refractivity contribution is 0.0734. The molecule has 0 unspecified atom stereocenters. The molecule has 0 aliphatic carbocycles. The van der Waals surface area contributed by atoms with Gasteiger partial charge in [0.25, 0.3) is 0 Å². The van der Waals surface area contributed by atoms with Crippen LogP contribution in [0.4, 0.5) is 4.39 Å². The summed E-state index contributed by atoms with van der Waals surface area (Å²) in [5, 5.41) is 0. The monoisotopic (exact) mass is 300 g/mol. The molecule has 114 valence electrons. The Labute approximate surface area is 129 Å². The summed E-state index contributed by atoms with van der Waals surface area (Å²) in [5.74, 6) is 0.0667. The summed E-state index contributed by atoms with van der Waals surface area (Å²) in [6.07, 6.45) is 5.60. The van der Waals surface area contributed by atoms with Gasteiger partial charge in [0, 0.05) is 0 Å². The minimum atomic E-state index is -0.500. The van der Waals surface area contributed by atoms with Crippen LogP contribution in [0.2, 0.25) is 0 Å². The lowest BCUT2D eigenvalue weighted by Gasteiger charge is -2.05. The predicted octanol–water partition coefficient (Wildman–Crippen LogP) is 4.74. The van der Waals surface area contributed by atoms with E-state index in [1.165, 1.54) is 24.3 Å². The van der Waals surface area contributed by atoms with Crippen molar-refractivity contribution in [3.8, 4) is 11.5 Å². The number of carbonyl (C=O) groups is 1. The summed E-state index contributed by atoms with van der Waals surface area (Å²) in [5.41, 5.74) is 0.397. The van der Waals surface area contributed by atoms with E-state index in [0.717, 1.165) is 12.8 Å². The van der Waals surface area contributed by atoms with Crippen LogP contribution in [0.3, 0.4) is 0 Å². The van der Waals surface area contributed by atoms with Crippen LogP contribution in [-0.2, 0) is 0 Å². The van der Waals surface area contributed by atoms with E-state index in [1.54, 1.807) is 30.5 Å². The van der Waals surface area contributed by atoms with Gasteiger partial charge in [-0.15, -0.1) is 0 Å². The van der Waals surface area contributed by atoms with Crippen LogP contribution in [-0.4, -0.2) is 5.97 Å². The summed E-state index contributed by atoms with van der Waals surface area (Å²) in [7, 11) is 0. The van der Waals surface area contributed by atoms with Crippen molar-refractivity contribution in [3.63, 3.8) is 0 Å². The third-order valence-electron chi connectivity index (χ3n) is 2.87. The highest BCUT2D eigenvalue weighted by Crippen LogP contribution is 2.16. The number of benzene rings is 2. The highest BCUT2D eigenvalue weighted by atomic mass is 19.1. The maximum Gasteiger partial charge on any atom is 0.343 e. The van der Waals surface area contributed by atoms with Crippen LogP contribution in [0.15, 0.2) is 60.9 Å². The molecular weight excluding hydrogens is 283 g/mol. The average Bonchev–Trinajstić information content (AvgIpc) is 2.54. The van der Waals surface area contributed by atoms with E-state index < -0.39 is 5.97 Å². The highest BCUT2D eigenvalue weighted by molar-refractivity contribution is 5.91. The quantitative estimate of drug-likeness (QED) is 0.439. The first-order valence-corrected chi connectivity index (χ1v) is 7.08. The second kappa shape index (κ2) is 7.98. The van der Waals surface area contributed by atoms with Gasteiger partial charge in [0.15, 0.2) is 0 Å². The molecule has 0 aromatic heterocycles. The maximum absolute atomic E-state index is 12.8. The van der Waals surface area contributed by atoms with Gasteiger partial charge in [-0.1, -0.05) is 13.3 Å². The van der Waals surface area contributed by atoms with E-state index in [0.29, 0.717) is 17.1 Å². The van der Waals surface area contributed by atoms with Gasteiger partial charge >= 0.3 is 5.97 Å². The lowest BCUT2D eigenvalue weighted by Crippen LogP contribution is -2.08. The number of ether oxygens (including phenoxy) is 2. The molecule has 0 bridgehead atoms. The molecule has 0 aliphatic rings. The molecule has 22 heavy (non-hydrogen) atoms. The minimum Gasteiger partial charge on any atom is -0.465 e. The molecule has 0 saturated heterocycles. The summed E-state index contributed by atoms with van der Waals surface area (Å²) in [6, 6.07) is 11.9. The SMILES string of the molecule is CCCC=COc1ccc(C(=O)Oc2ccc(F)cc2)cc1. The number of hydrogen-bond acceptors (Lipinski definition) is 3. The molecule has 0 heterocycles. The molecule has 2 aromatic rings. The van der Waals surface area contributed by atoms with Crippen LogP contribution in [0.25, 0.3) is 0 Å². The number of carbonyl (C=O) groups excluding carboxylic acids is 1. The predicted molar refractivity (Wildman–Crippen MR) is 82.5 cm³/mol. The fourth-order valence-electron chi connectivity index (χ4n) is 1.70. The molecule has 0 saturated carbocycles. The molecule has 0 radical (unpaired) electrons. The first kappa shape index (κ1) is 15.8. The average molecular weight is 300 g/mol. The molecule has 4 heteroatoms. The number of unbranched alkanes of at least 4 members (excludes halogenated alkanes) is 1. The number of halogens is 1. The molecule has 2 rings (SSSR count). The van der Waals surface area contributed by atoms with E-state index in [2.05, 4.69) is 6.92 Å². The Morgan fingerprint density at radius 1 is 1.05 bits per heavy atom. The van der Waals surface area contributed by atoms with Gasteiger partial charge in [-0.3, -0.25) is 0 Å². The number of allylic oxidation sites excluding steroid dienone is 1. The molecule has 0 N–H and O–H groups in total. The van der Waals surface area contributed by atoms with Crippen molar-refractivity contribution < 1.29 is 18.7 Å². The molecule has 0 spiro atoms. The Balaban J connectivity index is 1.94. The summed E-state index contributed by atoms with van der Waals surface area (Å²) in [4.78, 5) is 11.9. The van der Waals surface area contributed by atoms with E-state index in [4.69, 9.17) is 9.47 Å². The van der Waals surface area contributed by atoms with Crippen molar-refractivity contribution in [3.05, 3.63) is 72.2 Å². The Hall–Kier alpha value is -2.62. The smallest absolute Gasteiger partial charge is 0.343 e. The Morgan fingerprint density at radius 3 is 2.32 bits per heavy atom. The van der Waals surface area contributed by atoms with Crippen molar-refractivity contribution in [2.24, 2.45) is 0 Å². The molecule has 0 atom stereocenters. The van der Waals surface area contributed by atoms with E-state index >= 15 is 0 Å². The number of rotatable bonds is 6. The van der Waals surface area contributed by atoms with E-state index in [1.807, 2.05) is 6.08 Å². The summed E-state index contributed by atoms with van der Waals surface area (Å²) < 4.78 is 23.3. The fraction of sp³-hybridized carbons (Fsp3) is 0.167. The second-order valence-corrected chi connectivity index (χ2v) is 4.65. The molecule has 0 aliphatic heterocycles. The van der Waals surface area contributed by atoms with Crippen LogP contribution >= 0.6 is 0 Å². The number of esters is 1. The summed E-state index contributed by atoms with van der Waals surface area (Å²) >= 11 is 0. The van der Waals surface area contributed by atoms with Crippen LogP contribution in [0.5, 0.6) is 11.5 Å². The maximum atomic E-state index is 12.8. The van der Waals surface area contributed by atoms with Crippen molar-refractivity contribution in [2.45, 2.75) is 19.8 Å². The van der Waals surface area contributed by atoms with Crippen molar-refractivity contribution >= 4 is 5.97 Å². The van der Waals surface area contributed by atoms with Crippen LogP contribution in [0.1, 0.15) is 30.1 Å². The number of hydrogen-bond donors (Lipinski definition) is 0. The standard InChI is InChI=1S/C18H17FO3/c1-2-3-4-13-21-16-9-5-14(6-10-16)18(20)22-17-11-7-15(19)8-12-17/h4-13H,2-3H2,1H3. The van der Waals surface area contributed by atoms with Gasteiger partial charge in [0.2, 0.25) is 0 Å². The van der Waals surface area contributed by atoms with E-state index in [9.17, 15) is 9.18 Å². The zero-order valence-electron chi connectivity index (χ0n) is 12.3. The third kappa shape index (κ3) is 4.74. The lowest BCUT2D eigenvalue weighted by atomic mass is 10.2. The molecule has 2 aromatic carbocycles. The summed E-state index contributed by atoms with van der Waals surface area (Å²) in [6.45, 7) is 2.09. The van der Waals surface area contributed by atoms with Gasteiger partial charge in [0.05, 0.1) is 11.8 Å². The van der Waals surface area contributed by atoms with Gasteiger partial charge < -0.3 is 9.47 Å². The van der Waals surface area contributed by atoms with Gasteiger partial charge in [-0.2, -0.15) is 0 Å². The third-order valence-corrected chi connectivity index (χ3v) is 2.87. The fourth-order valence-corrected chi connectivity index (χ4v) is 1.70. The largest absolute Gasteiger partial charge is 0.465 e. The van der Waals surface area contributed by atoms with Crippen molar-refractivity contribution in [1.82, 2.24) is 0 Å². The van der Waals surface area contributed by atoms with Gasteiger partial charge in [-0.25, -0.2) is 9.18 Å². The van der Waals surface area contributed by atoms with Gasteiger partial charge in [-0.05, 0) is 61.0 Å². The second-order valence-electron chi connectivity index (χ2n) is 4.65. The van der Waals surface area contributed by atoms with Crippen LogP contribution in [0, 0.1) is 5.82 Å². The molecular formula is C18H17FO3. The first-order valence-electron chi connectivity index (χ1n) is 7.08. The van der Waals surface area contributed by atoms with Crippen molar-refractivity contribution in [1.29, 1.82) is 0 Å². The molecule has 0 amide bonds. The highest BCUT2D eigenvalue weighted by Gasteiger charge is 2.08. The molecule has 3 nitrogen and oxygen atoms in total. The zero-order valence-corrected chi connectivity index (χ0v) is 12.3. The zero-order chi connectivity index (χ0) is 15.8. The molecule has 0 fully saturated rings. The Morgan fingerprint density at radius 2 is 1.68 bits per heavy atom. The first-order chi connectivity index (χ1) is 10.7. The topological polar surface area (TPSA) is 35.5 Å².